The van der Waals surface area contributed by atoms with Crippen molar-refractivity contribution in [2.24, 2.45) is 5.92 Å². The number of aromatic nitrogens is 1. The van der Waals surface area contributed by atoms with E-state index in [1.807, 2.05) is 18.2 Å². The monoisotopic (exact) mass is 272 g/mol. The molecule has 1 aromatic heterocycles. The van der Waals surface area contributed by atoms with Gasteiger partial charge in [0, 0.05) is 24.7 Å². The number of aromatic amines is 1. The van der Waals surface area contributed by atoms with E-state index in [1.54, 1.807) is 6.20 Å². The second-order valence-electron chi connectivity index (χ2n) is 5.57. The normalized spacial score (nSPS) is 19.8. The molecule has 0 saturated carbocycles. The number of hydrogen-bond donors (Lipinski definition) is 2. The molecule has 0 amide bonds. The Morgan fingerprint density at radius 3 is 3.05 bits per heavy atom. The number of fused-ring (bicyclic) bond motifs is 1. The zero-order valence-electron chi connectivity index (χ0n) is 11.5. The number of β-amino-alcohol motifs (C(OH)–C–C–N with tert-alkyl or cyclic N) is 1. The van der Waals surface area contributed by atoms with Gasteiger partial charge in [-0.2, -0.15) is 0 Å². The number of likely N-dealkylation sites (tertiary alicyclic amines) is 1. The fourth-order valence-corrected chi connectivity index (χ4v) is 3.20. The second kappa shape index (κ2) is 5.77. The molecule has 0 radical (unpaired) electrons. The van der Waals surface area contributed by atoms with Crippen LogP contribution in [0.3, 0.4) is 0 Å². The van der Waals surface area contributed by atoms with Crippen molar-refractivity contribution in [1.29, 1.82) is 0 Å². The van der Waals surface area contributed by atoms with Crippen molar-refractivity contribution >= 4 is 10.8 Å². The first-order valence-corrected chi connectivity index (χ1v) is 7.20. The maximum absolute atomic E-state index is 11.8. The van der Waals surface area contributed by atoms with Crippen LogP contribution in [0.15, 0.2) is 35.3 Å². The third-order valence-corrected chi connectivity index (χ3v) is 4.20. The summed E-state index contributed by atoms with van der Waals surface area (Å²) in [5, 5.41) is 10.8. The van der Waals surface area contributed by atoms with Gasteiger partial charge in [-0.3, -0.25) is 4.79 Å². The molecule has 2 aromatic rings. The number of H-pyrrole nitrogens is 1. The number of aliphatic hydroxyl groups excluding tert-OH is 1. The summed E-state index contributed by atoms with van der Waals surface area (Å²) in [6.07, 6.45) is 3.89. The number of pyridine rings is 1. The zero-order valence-corrected chi connectivity index (χ0v) is 11.5. The molecule has 1 atom stereocenters. The molecule has 1 fully saturated rings. The predicted octanol–water partition coefficient (Wildman–Crippen LogP) is 1.38. The molecule has 4 nitrogen and oxygen atoms in total. The third kappa shape index (κ3) is 2.62. The summed E-state index contributed by atoms with van der Waals surface area (Å²) >= 11 is 0. The Kier molecular flexibility index (Phi) is 3.85. The third-order valence-electron chi connectivity index (χ3n) is 4.20. The van der Waals surface area contributed by atoms with Crippen LogP contribution in [0.25, 0.3) is 10.8 Å². The number of nitrogens with one attached hydrogen (secondary N) is 1. The first kappa shape index (κ1) is 13.3. The van der Waals surface area contributed by atoms with Crippen LogP contribution in [-0.4, -0.2) is 41.2 Å². The highest BCUT2D eigenvalue weighted by atomic mass is 16.3. The van der Waals surface area contributed by atoms with Crippen LogP contribution in [0.4, 0.5) is 0 Å². The van der Waals surface area contributed by atoms with Crippen LogP contribution >= 0.6 is 0 Å². The van der Waals surface area contributed by atoms with Gasteiger partial charge in [-0.15, -0.1) is 0 Å². The molecule has 1 unspecified atom stereocenters. The Morgan fingerprint density at radius 2 is 2.20 bits per heavy atom. The maximum atomic E-state index is 11.8. The highest BCUT2D eigenvalue weighted by molar-refractivity contribution is 5.84. The van der Waals surface area contributed by atoms with E-state index in [1.165, 1.54) is 12.0 Å². The lowest BCUT2D eigenvalue weighted by molar-refractivity contribution is 0.217. The molecule has 1 aromatic carbocycles. The first-order chi connectivity index (χ1) is 9.78. The van der Waals surface area contributed by atoms with Crippen LogP contribution in [-0.2, 0) is 6.42 Å². The van der Waals surface area contributed by atoms with Gasteiger partial charge in [0.15, 0.2) is 0 Å². The summed E-state index contributed by atoms with van der Waals surface area (Å²) in [6.45, 7) is 3.11. The minimum absolute atomic E-state index is 0.0160. The molecule has 0 aliphatic carbocycles. The number of benzene rings is 1. The summed E-state index contributed by atoms with van der Waals surface area (Å²) in [4.78, 5) is 16.8. The van der Waals surface area contributed by atoms with Crippen molar-refractivity contribution in [3.8, 4) is 0 Å². The molecule has 1 aliphatic heterocycles. The lowest BCUT2D eigenvalue weighted by Gasteiger charge is -2.15. The van der Waals surface area contributed by atoms with Crippen LogP contribution in [0.2, 0.25) is 0 Å². The summed E-state index contributed by atoms with van der Waals surface area (Å²) in [5.41, 5.74) is 1.24. The quantitative estimate of drug-likeness (QED) is 0.884. The molecule has 4 heteroatoms. The Morgan fingerprint density at radius 1 is 1.30 bits per heavy atom. The molecule has 3 rings (SSSR count). The standard InChI is InChI=1S/C16H20N2O2/c19-9-8-18-7-5-12(11-18)10-13-2-1-3-15-14(13)4-6-17-16(15)20/h1-4,6,12,19H,5,7-11H2,(H,17,20). The van der Waals surface area contributed by atoms with Gasteiger partial charge in [0.1, 0.15) is 0 Å². The molecule has 20 heavy (non-hydrogen) atoms. The molecule has 1 saturated heterocycles. The number of aliphatic hydroxyl groups is 1. The van der Waals surface area contributed by atoms with Gasteiger partial charge in [-0.1, -0.05) is 12.1 Å². The second-order valence-corrected chi connectivity index (χ2v) is 5.57. The van der Waals surface area contributed by atoms with Crippen molar-refractivity contribution < 1.29 is 5.11 Å². The summed E-state index contributed by atoms with van der Waals surface area (Å²) in [7, 11) is 0. The van der Waals surface area contributed by atoms with Crippen LogP contribution in [0.1, 0.15) is 12.0 Å². The lowest BCUT2D eigenvalue weighted by atomic mass is 9.95. The van der Waals surface area contributed by atoms with Crippen molar-refractivity contribution in [3.05, 3.63) is 46.4 Å². The fourth-order valence-electron chi connectivity index (χ4n) is 3.20. The summed E-state index contributed by atoms with van der Waals surface area (Å²) in [6, 6.07) is 7.96. The van der Waals surface area contributed by atoms with Crippen LogP contribution in [0, 0.1) is 5.92 Å². The average molecular weight is 272 g/mol. The SMILES string of the molecule is O=c1[nH]ccc2c(CC3CCN(CCO)C3)cccc12. The molecular formula is C16H20N2O2. The van der Waals surface area contributed by atoms with E-state index in [4.69, 9.17) is 5.11 Å². The number of rotatable bonds is 4. The highest BCUT2D eigenvalue weighted by Gasteiger charge is 2.22. The largest absolute Gasteiger partial charge is 0.395 e. The minimum Gasteiger partial charge on any atom is -0.395 e. The maximum Gasteiger partial charge on any atom is 0.255 e. The molecule has 2 heterocycles. The van der Waals surface area contributed by atoms with E-state index in [0.29, 0.717) is 5.92 Å². The fraction of sp³-hybridized carbons (Fsp3) is 0.438. The molecule has 1 aliphatic rings. The zero-order chi connectivity index (χ0) is 13.9. The smallest absolute Gasteiger partial charge is 0.255 e. The predicted molar refractivity (Wildman–Crippen MR) is 79.9 cm³/mol. The topological polar surface area (TPSA) is 56.3 Å². The van der Waals surface area contributed by atoms with E-state index in [0.717, 1.165) is 36.8 Å². The van der Waals surface area contributed by atoms with Crippen molar-refractivity contribution in [2.45, 2.75) is 12.8 Å². The molecule has 106 valence electrons. The molecule has 0 bridgehead atoms. The van der Waals surface area contributed by atoms with Crippen molar-refractivity contribution in [3.63, 3.8) is 0 Å². The van der Waals surface area contributed by atoms with Crippen LogP contribution in [0.5, 0.6) is 0 Å². The van der Waals surface area contributed by atoms with Gasteiger partial charge in [0.25, 0.3) is 5.56 Å². The van der Waals surface area contributed by atoms with E-state index >= 15 is 0 Å². The van der Waals surface area contributed by atoms with Crippen LogP contribution < -0.4 is 5.56 Å². The van der Waals surface area contributed by atoms with E-state index in [-0.39, 0.29) is 12.2 Å². The highest BCUT2D eigenvalue weighted by Crippen LogP contribution is 2.24. The Hall–Kier alpha value is -1.65. The van der Waals surface area contributed by atoms with E-state index in [9.17, 15) is 4.79 Å². The van der Waals surface area contributed by atoms with E-state index in [2.05, 4.69) is 16.0 Å². The molecule has 2 N–H and O–H groups in total. The summed E-state index contributed by atoms with van der Waals surface area (Å²) < 4.78 is 0. The number of hydrogen-bond acceptors (Lipinski definition) is 3. The Balaban J connectivity index is 1.82. The van der Waals surface area contributed by atoms with Crippen molar-refractivity contribution in [1.82, 2.24) is 9.88 Å². The van der Waals surface area contributed by atoms with Crippen molar-refractivity contribution in [2.75, 3.05) is 26.2 Å². The average Bonchev–Trinajstić information content (AvgIpc) is 2.88. The van der Waals surface area contributed by atoms with Gasteiger partial charge in [-0.25, -0.2) is 0 Å². The first-order valence-electron chi connectivity index (χ1n) is 7.20. The molecule has 0 spiro atoms. The molecular weight excluding hydrogens is 252 g/mol. The minimum atomic E-state index is -0.0160. The van der Waals surface area contributed by atoms with Gasteiger partial charge >= 0.3 is 0 Å². The lowest BCUT2D eigenvalue weighted by Crippen LogP contribution is -2.24. The number of nitrogens with zero attached hydrogens (tertiary/aromatic N) is 1. The summed E-state index contributed by atoms with van der Waals surface area (Å²) in [5.74, 6) is 0.617. The van der Waals surface area contributed by atoms with Gasteiger partial charge < -0.3 is 15.0 Å². The van der Waals surface area contributed by atoms with Gasteiger partial charge in [0.2, 0.25) is 0 Å². The Labute approximate surface area is 118 Å². The van der Waals surface area contributed by atoms with Gasteiger partial charge in [0.05, 0.1) is 6.61 Å². The van der Waals surface area contributed by atoms with Gasteiger partial charge in [-0.05, 0) is 48.4 Å². The Bertz CT molecular complexity index is 650. The van der Waals surface area contributed by atoms with E-state index < -0.39 is 0 Å².